The number of carbonyl (C=O) groups is 1. The summed E-state index contributed by atoms with van der Waals surface area (Å²) in [6, 6.07) is 7.94. The maximum atomic E-state index is 12.1. The van der Waals surface area contributed by atoms with Crippen molar-refractivity contribution in [3.8, 4) is 5.75 Å². The summed E-state index contributed by atoms with van der Waals surface area (Å²) in [6.45, 7) is -2.99. The molecule has 8 heteroatoms. The molecule has 0 atom stereocenters. The monoisotopic (exact) mass is 314 g/mol. The van der Waals surface area contributed by atoms with Gasteiger partial charge in [0.1, 0.15) is 11.4 Å². The topological polar surface area (TPSA) is 71.2 Å². The number of benzene rings is 1. The molecule has 1 aromatic heterocycles. The number of anilines is 1. The number of alkyl halides is 2. The van der Waals surface area contributed by atoms with Crippen LogP contribution in [-0.2, 0) is 0 Å². The van der Waals surface area contributed by atoms with Crippen molar-refractivity contribution >= 4 is 23.2 Å². The molecule has 0 aliphatic carbocycles. The standard InChI is InChI=1S/C13H9ClF2N2O3/c14-8-6-7(4-5-10(8)21-13(15)16)17-12(20)9-2-1-3-11(19)18-9/h1-6,13H,(H,17,20)(H,18,19). The zero-order valence-corrected chi connectivity index (χ0v) is 11.2. The number of amides is 1. The molecule has 1 amide bonds. The first kappa shape index (κ1) is 15.0. The van der Waals surface area contributed by atoms with E-state index in [4.69, 9.17) is 11.6 Å². The van der Waals surface area contributed by atoms with Crippen LogP contribution in [0.15, 0.2) is 41.2 Å². The summed E-state index contributed by atoms with van der Waals surface area (Å²) in [5, 5.41) is 2.40. The molecule has 0 bridgehead atoms. The summed E-state index contributed by atoms with van der Waals surface area (Å²) < 4.78 is 28.4. The van der Waals surface area contributed by atoms with Crippen molar-refractivity contribution in [1.29, 1.82) is 0 Å². The van der Waals surface area contributed by atoms with Gasteiger partial charge in [-0.15, -0.1) is 0 Å². The first-order valence-electron chi connectivity index (χ1n) is 5.71. The Morgan fingerprint density at radius 1 is 1.29 bits per heavy atom. The summed E-state index contributed by atoms with van der Waals surface area (Å²) in [5.74, 6) is -0.760. The molecule has 1 heterocycles. The van der Waals surface area contributed by atoms with E-state index in [0.29, 0.717) is 0 Å². The molecule has 110 valence electrons. The van der Waals surface area contributed by atoms with Crippen LogP contribution in [0.25, 0.3) is 0 Å². The van der Waals surface area contributed by atoms with E-state index < -0.39 is 18.1 Å². The predicted octanol–water partition coefficient (Wildman–Crippen LogP) is 2.88. The summed E-state index contributed by atoms with van der Waals surface area (Å²) in [4.78, 5) is 25.3. The number of aromatic nitrogens is 1. The highest BCUT2D eigenvalue weighted by molar-refractivity contribution is 6.32. The molecule has 0 saturated carbocycles. The van der Waals surface area contributed by atoms with E-state index in [-0.39, 0.29) is 22.2 Å². The van der Waals surface area contributed by atoms with Crippen molar-refractivity contribution in [2.24, 2.45) is 0 Å². The Morgan fingerprint density at radius 3 is 2.67 bits per heavy atom. The lowest BCUT2D eigenvalue weighted by atomic mass is 10.2. The number of nitrogens with one attached hydrogen (secondary N) is 2. The van der Waals surface area contributed by atoms with Gasteiger partial charge in [-0.1, -0.05) is 17.7 Å². The fourth-order valence-electron chi connectivity index (χ4n) is 1.55. The van der Waals surface area contributed by atoms with Crippen molar-refractivity contribution in [3.05, 3.63) is 57.5 Å². The highest BCUT2D eigenvalue weighted by atomic mass is 35.5. The lowest BCUT2D eigenvalue weighted by Crippen LogP contribution is -2.17. The van der Waals surface area contributed by atoms with Crippen LogP contribution in [0.3, 0.4) is 0 Å². The summed E-state index contributed by atoms with van der Waals surface area (Å²) in [6.07, 6.45) is 0. The van der Waals surface area contributed by atoms with Gasteiger partial charge in [-0.25, -0.2) is 0 Å². The molecular weight excluding hydrogens is 306 g/mol. The highest BCUT2D eigenvalue weighted by Gasteiger charge is 2.11. The van der Waals surface area contributed by atoms with Gasteiger partial charge in [-0.05, 0) is 24.3 Å². The molecule has 0 saturated heterocycles. The van der Waals surface area contributed by atoms with Crippen LogP contribution in [-0.4, -0.2) is 17.5 Å². The second-order valence-electron chi connectivity index (χ2n) is 3.91. The van der Waals surface area contributed by atoms with E-state index in [9.17, 15) is 18.4 Å². The number of rotatable bonds is 4. The second kappa shape index (κ2) is 6.36. The van der Waals surface area contributed by atoms with E-state index in [1.807, 2.05) is 0 Å². The zero-order chi connectivity index (χ0) is 15.4. The zero-order valence-electron chi connectivity index (χ0n) is 10.4. The van der Waals surface area contributed by atoms with Crippen LogP contribution >= 0.6 is 11.6 Å². The fraction of sp³-hybridized carbons (Fsp3) is 0.0769. The molecule has 0 aliphatic rings. The first-order chi connectivity index (χ1) is 9.95. The van der Waals surface area contributed by atoms with Crippen molar-refractivity contribution in [3.63, 3.8) is 0 Å². The number of aromatic amines is 1. The third-order valence-corrected chi connectivity index (χ3v) is 2.71. The average Bonchev–Trinajstić information content (AvgIpc) is 2.41. The van der Waals surface area contributed by atoms with E-state index >= 15 is 0 Å². The number of H-pyrrole nitrogens is 1. The van der Waals surface area contributed by atoms with E-state index in [1.165, 1.54) is 36.4 Å². The molecule has 2 aromatic rings. The number of ether oxygens (including phenoxy) is 1. The Morgan fingerprint density at radius 2 is 2.05 bits per heavy atom. The Kier molecular flexibility index (Phi) is 4.54. The van der Waals surface area contributed by atoms with Gasteiger partial charge in [0.15, 0.2) is 0 Å². The van der Waals surface area contributed by atoms with Crippen LogP contribution in [0, 0.1) is 0 Å². The summed E-state index contributed by atoms with van der Waals surface area (Å²) in [7, 11) is 0. The smallest absolute Gasteiger partial charge is 0.387 e. The third kappa shape index (κ3) is 4.03. The van der Waals surface area contributed by atoms with Crippen molar-refractivity contribution in [1.82, 2.24) is 4.98 Å². The number of pyridine rings is 1. The third-order valence-electron chi connectivity index (χ3n) is 2.42. The van der Waals surface area contributed by atoms with Gasteiger partial charge in [0, 0.05) is 11.8 Å². The van der Waals surface area contributed by atoms with E-state index in [0.717, 1.165) is 0 Å². The molecule has 0 fully saturated rings. The van der Waals surface area contributed by atoms with Gasteiger partial charge in [-0.2, -0.15) is 8.78 Å². The largest absolute Gasteiger partial charge is 0.433 e. The quantitative estimate of drug-likeness (QED) is 0.911. The molecule has 2 N–H and O–H groups in total. The highest BCUT2D eigenvalue weighted by Crippen LogP contribution is 2.29. The van der Waals surface area contributed by atoms with E-state index in [2.05, 4.69) is 15.0 Å². The van der Waals surface area contributed by atoms with Gasteiger partial charge >= 0.3 is 6.61 Å². The van der Waals surface area contributed by atoms with Crippen LogP contribution < -0.4 is 15.6 Å². The number of halogens is 3. The molecule has 5 nitrogen and oxygen atoms in total. The predicted molar refractivity (Wildman–Crippen MR) is 73.1 cm³/mol. The molecule has 0 unspecified atom stereocenters. The number of carbonyl (C=O) groups excluding carboxylic acids is 1. The van der Waals surface area contributed by atoms with Crippen LogP contribution in [0.1, 0.15) is 10.5 Å². The van der Waals surface area contributed by atoms with Gasteiger partial charge < -0.3 is 15.0 Å². The SMILES string of the molecule is O=C(Nc1ccc(OC(F)F)c(Cl)c1)c1cccc(=O)[nH]1. The Hall–Kier alpha value is -2.41. The molecule has 1 aromatic carbocycles. The average molecular weight is 315 g/mol. The molecule has 2 rings (SSSR count). The minimum atomic E-state index is -2.99. The van der Waals surface area contributed by atoms with Crippen LogP contribution in [0.4, 0.5) is 14.5 Å². The summed E-state index contributed by atoms with van der Waals surface area (Å²) in [5.41, 5.74) is -0.0794. The normalized spacial score (nSPS) is 10.5. The summed E-state index contributed by atoms with van der Waals surface area (Å²) >= 11 is 5.76. The van der Waals surface area contributed by atoms with Gasteiger partial charge in [0.2, 0.25) is 5.56 Å². The maximum absolute atomic E-state index is 12.1. The van der Waals surface area contributed by atoms with Gasteiger partial charge in [-0.3, -0.25) is 9.59 Å². The molecule has 0 spiro atoms. The first-order valence-corrected chi connectivity index (χ1v) is 6.08. The molecule has 0 aliphatic heterocycles. The lowest BCUT2D eigenvalue weighted by molar-refractivity contribution is -0.0497. The second-order valence-corrected chi connectivity index (χ2v) is 4.31. The van der Waals surface area contributed by atoms with Crippen molar-refractivity contribution < 1.29 is 18.3 Å². The van der Waals surface area contributed by atoms with E-state index in [1.54, 1.807) is 0 Å². The molecule has 0 radical (unpaired) electrons. The van der Waals surface area contributed by atoms with Crippen molar-refractivity contribution in [2.75, 3.05) is 5.32 Å². The molecule has 21 heavy (non-hydrogen) atoms. The Bertz CT molecular complexity index is 719. The lowest BCUT2D eigenvalue weighted by Gasteiger charge is -2.09. The van der Waals surface area contributed by atoms with Crippen molar-refractivity contribution in [2.45, 2.75) is 6.61 Å². The van der Waals surface area contributed by atoms with Gasteiger partial charge in [0.25, 0.3) is 5.91 Å². The van der Waals surface area contributed by atoms with Crippen LogP contribution in [0.2, 0.25) is 5.02 Å². The Balaban J connectivity index is 2.15. The fourth-order valence-corrected chi connectivity index (χ4v) is 1.77. The van der Waals surface area contributed by atoms with Crippen LogP contribution in [0.5, 0.6) is 5.75 Å². The minimum absolute atomic E-state index is 0.0616. The number of hydrogen-bond donors (Lipinski definition) is 2. The number of hydrogen-bond acceptors (Lipinski definition) is 3. The minimum Gasteiger partial charge on any atom is -0.433 e. The Labute approximate surface area is 122 Å². The van der Waals surface area contributed by atoms with Gasteiger partial charge in [0.05, 0.1) is 5.02 Å². The maximum Gasteiger partial charge on any atom is 0.387 e. The molecular formula is C13H9ClF2N2O3.